The number of ether oxygens (including phenoxy) is 1. The standard InChI is InChI=1S/C32H39NO5/c1-20(2)17-22-6-9-25(10-7-22)32-30(24-11-12-24)31(33-38-32)26(14-16-29(35)36)19-27(34)15-13-23-8-5-21(3)18-28(23)37-4/h5-10,18,20,24,26H,11-17,19H2,1-4H3,(H,35,36). The van der Waals surface area contributed by atoms with E-state index in [9.17, 15) is 14.7 Å². The lowest BCUT2D eigenvalue weighted by Gasteiger charge is -2.15. The molecule has 1 aliphatic rings. The molecule has 0 radical (unpaired) electrons. The van der Waals surface area contributed by atoms with Gasteiger partial charge < -0.3 is 14.4 Å². The highest BCUT2D eigenvalue weighted by atomic mass is 16.5. The lowest BCUT2D eigenvalue weighted by molar-refractivity contribution is -0.137. The molecule has 0 saturated heterocycles. The van der Waals surface area contributed by atoms with Crippen LogP contribution in [0.15, 0.2) is 47.0 Å². The van der Waals surface area contributed by atoms with Gasteiger partial charge >= 0.3 is 5.97 Å². The molecule has 0 bridgehead atoms. The summed E-state index contributed by atoms with van der Waals surface area (Å²) < 4.78 is 11.4. The van der Waals surface area contributed by atoms with Crippen LogP contribution in [-0.2, 0) is 22.4 Å². The molecule has 1 aromatic heterocycles. The normalized spacial score (nSPS) is 14.0. The van der Waals surface area contributed by atoms with Crippen molar-refractivity contribution < 1.29 is 24.0 Å². The van der Waals surface area contributed by atoms with Crippen molar-refractivity contribution in [3.05, 3.63) is 70.4 Å². The van der Waals surface area contributed by atoms with E-state index >= 15 is 0 Å². The van der Waals surface area contributed by atoms with E-state index in [1.807, 2.05) is 25.1 Å². The second-order valence-electron chi connectivity index (χ2n) is 11.1. The van der Waals surface area contributed by atoms with Crippen molar-refractivity contribution in [3.8, 4) is 17.1 Å². The quantitative estimate of drug-likeness (QED) is 0.242. The first-order valence-corrected chi connectivity index (χ1v) is 13.7. The molecule has 3 aromatic rings. The number of carboxylic acids is 1. The van der Waals surface area contributed by atoms with Crippen LogP contribution in [0.4, 0.5) is 0 Å². The molecule has 202 valence electrons. The third kappa shape index (κ3) is 7.12. The molecular weight excluding hydrogens is 478 g/mol. The van der Waals surface area contributed by atoms with Crippen molar-refractivity contribution in [2.24, 2.45) is 5.92 Å². The van der Waals surface area contributed by atoms with Crippen LogP contribution in [0.25, 0.3) is 11.3 Å². The molecule has 0 amide bonds. The lowest BCUT2D eigenvalue weighted by Crippen LogP contribution is -2.12. The first kappa shape index (κ1) is 27.6. The maximum atomic E-state index is 13.2. The van der Waals surface area contributed by atoms with Gasteiger partial charge in [-0.2, -0.15) is 0 Å². The Bertz CT molecular complexity index is 1250. The molecule has 1 heterocycles. The Balaban J connectivity index is 1.54. The van der Waals surface area contributed by atoms with E-state index in [1.54, 1.807) is 7.11 Å². The summed E-state index contributed by atoms with van der Waals surface area (Å²) in [7, 11) is 1.64. The van der Waals surface area contributed by atoms with Gasteiger partial charge in [-0.1, -0.05) is 55.4 Å². The largest absolute Gasteiger partial charge is 0.496 e. The number of carbonyl (C=O) groups is 2. The zero-order valence-corrected chi connectivity index (χ0v) is 23.0. The van der Waals surface area contributed by atoms with Crippen LogP contribution in [0.2, 0.25) is 0 Å². The molecule has 4 rings (SSSR count). The van der Waals surface area contributed by atoms with Crippen LogP contribution < -0.4 is 4.74 Å². The number of hydrogen-bond donors (Lipinski definition) is 1. The summed E-state index contributed by atoms with van der Waals surface area (Å²) in [6.45, 7) is 6.42. The predicted octanol–water partition coefficient (Wildman–Crippen LogP) is 7.27. The Morgan fingerprint density at radius 1 is 1.11 bits per heavy atom. The van der Waals surface area contributed by atoms with Gasteiger partial charge in [-0.05, 0) is 73.6 Å². The van der Waals surface area contributed by atoms with E-state index < -0.39 is 5.97 Å². The molecule has 6 nitrogen and oxygen atoms in total. The smallest absolute Gasteiger partial charge is 0.303 e. The molecule has 0 spiro atoms. The van der Waals surface area contributed by atoms with Crippen molar-refractivity contribution in [1.82, 2.24) is 5.16 Å². The third-order valence-electron chi connectivity index (χ3n) is 7.28. The summed E-state index contributed by atoms with van der Waals surface area (Å²) in [6, 6.07) is 14.4. The highest BCUT2D eigenvalue weighted by Gasteiger charge is 2.36. The zero-order chi connectivity index (χ0) is 27.2. The molecule has 6 heteroatoms. The molecule has 1 atom stereocenters. The van der Waals surface area contributed by atoms with Gasteiger partial charge in [0.05, 0.1) is 12.8 Å². The molecule has 38 heavy (non-hydrogen) atoms. The van der Waals surface area contributed by atoms with Crippen LogP contribution in [0.5, 0.6) is 5.75 Å². The molecule has 1 aliphatic carbocycles. The number of aromatic nitrogens is 1. The second-order valence-corrected chi connectivity index (χ2v) is 11.1. The van der Waals surface area contributed by atoms with Crippen LogP contribution in [0.3, 0.4) is 0 Å². The number of aryl methyl sites for hydroxylation is 2. The summed E-state index contributed by atoms with van der Waals surface area (Å²) in [5.74, 6) is 1.41. The number of aliphatic carboxylic acids is 1. The van der Waals surface area contributed by atoms with Crippen molar-refractivity contribution >= 4 is 11.8 Å². The third-order valence-corrected chi connectivity index (χ3v) is 7.28. The van der Waals surface area contributed by atoms with Gasteiger partial charge in [0.1, 0.15) is 11.5 Å². The van der Waals surface area contributed by atoms with Gasteiger partial charge in [0.15, 0.2) is 5.76 Å². The van der Waals surface area contributed by atoms with E-state index in [0.29, 0.717) is 31.1 Å². The highest BCUT2D eigenvalue weighted by Crippen LogP contribution is 2.48. The molecule has 1 unspecified atom stereocenters. The maximum Gasteiger partial charge on any atom is 0.303 e. The van der Waals surface area contributed by atoms with Crippen molar-refractivity contribution in [3.63, 3.8) is 0 Å². The van der Waals surface area contributed by atoms with Crippen LogP contribution in [0, 0.1) is 12.8 Å². The summed E-state index contributed by atoms with van der Waals surface area (Å²) >= 11 is 0. The first-order valence-electron chi connectivity index (χ1n) is 13.7. The Morgan fingerprint density at radius 3 is 2.47 bits per heavy atom. The Hall–Kier alpha value is -3.41. The number of rotatable bonds is 14. The molecule has 1 fully saturated rings. The Labute approximate surface area is 225 Å². The minimum Gasteiger partial charge on any atom is -0.496 e. The van der Waals surface area contributed by atoms with Gasteiger partial charge in [0.2, 0.25) is 0 Å². The van der Waals surface area contributed by atoms with Gasteiger partial charge in [-0.25, -0.2) is 0 Å². The van der Waals surface area contributed by atoms with E-state index in [0.717, 1.165) is 58.7 Å². The Kier molecular flexibility index (Phi) is 9.03. The van der Waals surface area contributed by atoms with Gasteiger partial charge in [0.25, 0.3) is 0 Å². The monoisotopic (exact) mass is 517 g/mol. The average Bonchev–Trinajstić information content (AvgIpc) is 3.63. The lowest BCUT2D eigenvalue weighted by atomic mass is 9.87. The number of ketones is 1. The van der Waals surface area contributed by atoms with Crippen LogP contribution in [0.1, 0.15) is 92.2 Å². The fraction of sp³-hybridized carbons (Fsp3) is 0.469. The van der Waals surface area contributed by atoms with Crippen molar-refractivity contribution in [1.29, 1.82) is 0 Å². The number of carboxylic acid groups (broad SMARTS) is 1. The van der Waals surface area contributed by atoms with E-state index in [1.165, 1.54) is 5.56 Å². The summed E-state index contributed by atoms with van der Waals surface area (Å²) in [5, 5.41) is 13.9. The van der Waals surface area contributed by atoms with Gasteiger partial charge in [-0.15, -0.1) is 0 Å². The van der Waals surface area contributed by atoms with E-state index in [2.05, 4.69) is 43.3 Å². The number of benzene rings is 2. The summed E-state index contributed by atoms with van der Waals surface area (Å²) in [5.41, 5.74) is 6.19. The predicted molar refractivity (Wildman–Crippen MR) is 148 cm³/mol. The number of carbonyl (C=O) groups excluding carboxylic acids is 1. The fourth-order valence-electron chi connectivity index (χ4n) is 5.18. The van der Waals surface area contributed by atoms with Crippen molar-refractivity contribution in [2.75, 3.05) is 7.11 Å². The molecule has 0 aliphatic heterocycles. The van der Waals surface area contributed by atoms with Gasteiger partial charge in [0, 0.05) is 36.3 Å². The maximum absolute atomic E-state index is 13.2. The second kappa shape index (κ2) is 12.4. The molecule has 2 aromatic carbocycles. The van der Waals surface area contributed by atoms with E-state index in [-0.39, 0.29) is 24.5 Å². The molecule has 1 saturated carbocycles. The van der Waals surface area contributed by atoms with Crippen LogP contribution in [-0.4, -0.2) is 29.1 Å². The fourth-order valence-corrected chi connectivity index (χ4v) is 5.18. The van der Waals surface area contributed by atoms with Crippen LogP contribution >= 0.6 is 0 Å². The van der Waals surface area contributed by atoms with Gasteiger partial charge in [-0.3, -0.25) is 9.59 Å². The molecule has 1 N–H and O–H groups in total. The number of hydrogen-bond acceptors (Lipinski definition) is 5. The van der Waals surface area contributed by atoms with Crippen molar-refractivity contribution in [2.45, 2.75) is 84.0 Å². The van der Waals surface area contributed by atoms with E-state index in [4.69, 9.17) is 9.26 Å². The number of Topliss-reactive ketones (excluding diaryl/α,β-unsaturated/α-hetero) is 1. The minimum absolute atomic E-state index is 0.0140. The summed E-state index contributed by atoms with van der Waals surface area (Å²) in [4.78, 5) is 24.6. The SMILES string of the molecule is COc1cc(C)ccc1CCC(=O)CC(CCC(=O)O)c1noc(-c2ccc(CC(C)C)cc2)c1C1CC1. The molecular formula is C32H39NO5. The average molecular weight is 518 g/mol. The minimum atomic E-state index is -0.871. The first-order chi connectivity index (χ1) is 18.2. The highest BCUT2D eigenvalue weighted by molar-refractivity contribution is 5.80. The zero-order valence-electron chi connectivity index (χ0n) is 23.0. The topological polar surface area (TPSA) is 89.6 Å². The summed E-state index contributed by atoms with van der Waals surface area (Å²) in [6.07, 6.45) is 4.67. The Morgan fingerprint density at radius 2 is 1.84 bits per heavy atom. The number of methoxy groups -OCH3 is 1. The number of nitrogens with zero attached hydrogens (tertiary/aromatic N) is 1.